The molecule has 0 aliphatic carbocycles. The molecular weight excluding hydrogens is 278 g/mol. The van der Waals surface area contributed by atoms with Gasteiger partial charge in [-0.25, -0.2) is 4.79 Å². The molecule has 1 unspecified atom stereocenters. The van der Waals surface area contributed by atoms with Gasteiger partial charge in [0.05, 0.1) is 6.61 Å². The molecule has 0 spiro atoms. The Morgan fingerprint density at radius 3 is 2.05 bits per heavy atom. The van der Waals surface area contributed by atoms with E-state index in [2.05, 4.69) is 12.2 Å². The van der Waals surface area contributed by atoms with Crippen molar-refractivity contribution in [3.8, 4) is 0 Å². The highest BCUT2D eigenvalue weighted by molar-refractivity contribution is 5.67. The molecule has 0 fully saturated rings. The van der Waals surface area contributed by atoms with E-state index in [9.17, 15) is 9.90 Å². The van der Waals surface area contributed by atoms with E-state index in [4.69, 9.17) is 4.74 Å². The van der Waals surface area contributed by atoms with E-state index in [1.807, 2.05) is 27.7 Å². The summed E-state index contributed by atoms with van der Waals surface area (Å²) in [4.78, 5) is 11.7. The summed E-state index contributed by atoms with van der Waals surface area (Å²) in [6.45, 7) is 10.3. The molecule has 1 amide bonds. The summed E-state index contributed by atoms with van der Waals surface area (Å²) in [6, 6.07) is 0. The van der Waals surface area contributed by atoms with Crippen molar-refractivity contribution in [3.05, 3.63) is 0 Å². The predicted octanol–water partition coefficient (Wildman–Crippen LogP) is 4.65. The van der Waals surface area contributed by atoms with Gasteiger partial charge in [-0.2, -0.15) is 0 Å². The number of aliphatic hydroxyl groups excluding tert-OH is 1. The largest absolute Gasteiger partial charge is 0.444 e. The standard InChI is InChI=1S/C18H37NO3/c1-6-7-8-9-10-11-12-13-18(5,15-20)14-19-16(21)22-17(2,3)4/h20H,6-15H2,1-5H3,(H,19,21). The molecule has 0 saturated carbocycles. The SMILES string of the molecule is CCCCCCCCCC(C)(CO)CNC(=O)OC(C)(C)C. The molecule has 1 atom stereocenters. The summed E-state index contributed by atoms with van der Waals surface area (Å²) in [5, 5.41) is 12.4. The van der Waals surface area contributed by atoms with E-state index in [0.717, 1.165) is 12.8 Å². The van der Waals surface area contributed by atoms with Crippen LogP contribution in [0.15, 0.2) is 0 Å². The number of hydrogen-bond donors (Lipinski definition) is 2. The number of aliphatic hydroxyl groups is 1. The second kappa shape index (κ2) is 10.9. The summed E-state index contributed by atoms with van der Waals surface area (Å²) >= 11 is 0. The van der Waals surface area contributed by atoms with Crippen LogP contribution in [0.2, 0.25) is 0 Å². The van der Waals surface area contributed by atoms with Crippen LogP contribution in [0.3, 0.4) is 0 Å². The van der Waals surface area contributed by atoms with Crippen LogP contribution < -0.4 is 5.32 Å². The van der Waals surface area contributed by atoms with E-state index in [1.165, 1.54) is 38.5 Å². The zero-order valence-corrected chi connectivity index (χ0v) is 15.3. The summed E-state index contributed by atoms with van der Waals surface area (Å²) in [7, 11) is 0. The number of amides is 1. The van der Waals surface area contributed by atoms with Gasteiger partial charge in [0.1, 0.15) is 5.60 Å². The molecule has 0 radical (unpaired) electrons. The Kier molecular flexibility index (Phi) is 10.5. The van der Waals surface area contributed by atoms with Gasteiger partial charge >= 0.3 is 6.09 Å². The fourth-order valence-corrected chi connectivity index (χ4v) is 2.33. The van der Waals surface area contributed by atoms with Crippen molar-refractivity contribution < 1.29 is 14.6 Å². The molecule has 0 saturated heterocycles. The second-order valence-corrected chi connectivity index (χ2v) is 7.70. The van der Waals surface area contributed by atoms with Crippen LogP contribution >= 0.6 is 0 Å². The number of rotatable bonds is 11. The second-order valence-electron chi connectivity index (χ2n) is 7.70. The average Bonchev–Trinajstić information content (AvgIpc) is 2.42. The van der Waals surface area contributed by atoms with Crippen molar-refractivity contribution in [1.82, 2.24) is 5.32 Å². The van der Waals surface area contributed by atoms with Gasteiger partial charge in [-0.1, -0.05) is 58.8 Å². The normalized spacial score (nSPS) is 14.5. The predicted molar refractivity (Wildman–Crippen MR) is 92.0 cm³/mol. The molecule has 22 heavy (non-hydrogen) atoms. The van der Waals surface area contributed by atoms with Crippen molar-refractivity contribution in [2.45, 2.75) is 91.6 Å². The molecule has 4 heteroatoms. The van der Waals surface area contributed by atoms with E-state index in [-0.39, 0.29) is 12.0 Å². The van der Waals surface area contributed by atoms with Gasteiger partial charge in [-0.3, -0.25) is 0 Å². The van der Waals surface area contributed by atoms with Crippen LogP contribution in [0, 0.1) is 5.41 Å². The van der Waals surface area contributed by atoms with Crippen LogP contribution in [0.1, 0.15) is 86.0 Å². The Labute approximate surface area is 137 Å². The van der Waals surface area contributed by atoms with Crippen molar-refractivity contribution in [2.24, 2.45) is 5.41 Å². The van der Waals surface area contributed by atoms with Gasteiger partial charge in [0, 0.05) is 12.0 Å². The number of carbonyl (C=O) groups excluding carboxylic acids is 1. The molecule has 0 aromatic carbocycles. The van der Waals surface area contributed by atoms with E-state index in [1.54, 1.807) is 0 Å². The molecule has 0 aliphatic heterocycles. The Balaban J connectivity index is 3.91. The maximum atomic E-state index is 11.7. The Morgan fingerprint density at radius 2 is 1.55 bits per heavy atom. The fourth-order valence-electron chi connectivity index (χ4n) is 2.33. The van der Waals surface area contributed by atoms with Crippen molar-refractivity contribution in [3.63, 3.8) is 0 Å². The molecule has 0 heterocycles. The van der Waals surface area contributed by atoms with Gasteiger partial charge in [0.25, 0.3) is 0 Å². The first-order chi connectivity index (χ1) is 10.2. The van der Waals surface area contributed by atoms with Crippen molar-refractivity contribution in [1.29, 1.82) is 0 Å². The zero-order valence-electron chi connectivity index (χ0n) is 15.3. The number of alkyl carbamates (subject to hydrolysis) is 1. The number of hydrogen-bond acceptors (Lipinski definition) is 3. The maximum absolute atomic E-state index is 11.7. The first-order valence-corrected chi connectivity index (χ1v) is 8.80. The molecule has 0 aliphatic rings. The summed E-state index contributed by atoms with van der Waals surface area (Å²) < 4.78 is 5.23. The fraction of sp³-hybridized carbons (Fsp3) is 0.944. The average molecular weight is 315 g/mol. The van der Waals surface area contributed by atoms with Gasteiger partial charge in [-0.05, 0) is 27.2 Å². The summed E-state index contributed by atoms with van der Waals surface area (Å²) in [6.07, 6.45) is 9.31. The summed E-state index contributed by atoms with van der Waals surface area (Å²) in [5.74, 6) is 0. The molecule has 0 aromatic rings. The van der Waals surface area contributed by atoms with E-state index >= 15 is 0 Å². The van der Waals surface area contributed by atoms with Crippen LogP contribution in [-0.2, 0) is 4.74 Å². The first-order valence-electron chi connectivity index (χ1n) is 8.80. The topological polar surface area (TPSA) is 58.6 Å². The Hall–Kier alpha value is -0.770. The molecule has 2 N–H and O–H groups in total. The minimum atomic E-state index is -0.488. The first kappa shape index (κ1) is 21.2. The van der Waals surface area contributed by atoms with Crippen LogP contribution in [-0.4, -0.2) is 30.0 Å². The molecule has 4 nitrogen and oxygen atoms in total. The lowest BCUT2D eigenvalue weighted by Crippen LogP contribution is -2.40. The molecular formula is C18H37NO3. The molecule has 0 bridgehead atoms. The minimum absolute atomic E-state index is 0.0820. The lowest BCUT2D eigenvalue weighted by Gasteiger charge is -2.28. The van der Waals surface area contributed by atoms with Gasteiger partial charge in [0.2, 0.25) is 0 Å². The van der Waals surface area contributed by atoms with Gasteiger partial charge < -0.3 is 15.2 Å². The summed E-state index contributed by atoms with van der Waals surface area (Å²) in [5.41, 5.74) is -0.751. The number of carbonyl (C=O) groups is 1. The number of unbranched alkanes of at least 4 members (excludes halogenated alkanes) is 6. The lowest BCUT2D eigenvalue weighted by atomic mass is 9.85. The third-order valence-corrected chi connectivity index (χ3v) is 3.82. The third kappa shape index (κ3) is 11.8. The smallest absolute Gasteiger partial charge is 0.407 e. The van der Waals surface area contributed by atoms with Gasteiger partial charge in [-0.15, -0.1) is 0 Å². The van der Waals surface area contributed by atoms with Crippen molar-refractivity contribution in [2.75, 3.05) is 13.2 Å². The van der Waals surface area contributed by atoms with E-state index < -0.39 is 11.7 Å². The van der Waals surface area contributed by atoms with Crippen molar-refractivity contribution >= 4 is 6.09 Å². The number of ether oxygens (including phenoxy) is 1. The van der Waals surface area contributed by atoms with Crippen LogP contribution in [0.4, 0.5) is 4.79 Å². The molecule has 0 rings (SSSR count). The Morgan fingerprint density at radius 1 is 1.00 bits per heavy atom. The number of nitrogens with one attached hydrogen (secondary N) is 1. The molecule has 132 valence electrons. The van der Waals surface area contributed by atoms with Crippen LogP contribution in [0.25, 0.3) is 0 Å². The highest BCUT2D eigenvalue weighted by atomic mass is 16.6. The van der Waals surface area contributed by atoms with Crippen LogP contribution in [0.5, 0.6) is 0 Å². The quantitative estimate of drug-likeness (QED) is 0.546. The third-order valence-electron chi connectivity index (χ3n) is 3.82. The highest BCUT2D eigenvalue weighted by Crippen LogP contribution is 2.24. The minimum Gasteiger partial charge on any atom is -0.444 e. The monoisotopic (exact) mass is 315 g/mol. The zero-order chi connectivity index (χ0) is 17.1. The van der Waals surface area contributed by atoms with Gasteiger partial charge in [0.15, 0.2) is 0 Å². The Bertz CT molecular complexity index is 299. The maximum Gasteiger partial charge on any atom is 0.407 e. The highest BCUT2D eigenvalue weighted by Gasteiger charge is 2.25. The van der Waals surface area contributed by atoms with E-state index in [0.29, 0.717) is 6.54 Å². The lowest BCUT2D eigenvalue weighted by molar-refractivity contribution is 0.0470. The molecule has 0 aromatic heterocycles.